The standard InChI is InChI=1S/C7H9F3O3/c1-4(2)3-6(13,5(11)12)7(8,9)10/h3,13H,1-2H3,(H,11,12)/t6-/m0/s1. The molecule has 0 aliphatic carbocycles. The Morgan fingerprint density at radius 3 is 1.77 bits per heavy atom. The minimum atomic E-state index is -5.21. The van der Waals surface area contributed by atoms with E-state index in [2.05, 4.69) is 0 Å². The highest BCUT2D eigenvalue weighted by molar-refractivity contribution is 5.81. The van der Waals surface area contributed by atoms with Gasteiger partial charge in [0.1, 0.15) is 0 Å². The number of halogens is 3. The van der Waals surface area contributed by atoms with Crippen LogP contribution in [-0.2, 0) is 4.79 Å². The third kappa shape index (κ3) is 2.45. The zero-order valence-corrected chi connectivity index (χ0v) is 7.01. The Hall–Kier alpha value is -1.04. The second-order valence-electron chi connectivity index (χ2n) is 2.79. The van der Waals surface area contributed by atoms with Crippen molar-refractivity contribution in [2.75, 3.05) is 0 Å². The molecular weight excluding hydrogens is 189 g/mol. The predicted molar refractivity (Wildman–Crippen MR) is 38.1 cm³/mol. The van der Waals surface area contributed by atoms with E-state index in [0.717, 1.165) is 0 Å². The van der Waals surface area contributed by atoms with Crippen molar-refractivity contribution in [1.82, 2.24) is 0 Å². The molecule has 0 spiro atoms. The van der Waals surface area contributed by atoms with Crippen LogP contribution < -0.4 is 0 Å². The summed E-state index contributed by atoms with van der Waals surface area (Å²) < 4.78 is 36.1. The van der Waals surface area contributed by atoms with Crippen molar-refractivity contribution < 1.29 is 28.2 Å². The van der Waals surface area contributed by atoms with Crippen molar-refractivity contribution in [3.8, 4) is 0 Å². The molecule has 1 atom stereocenters. The molecule has 2 N–H and O–H groups in total. The number of carbonyl (C=O) groups is 1. The lowest BCUT2D eigenvalue weighted by Crippen LogP contribution is -2.50. The summed E-state index contributed by atoms with van der Waals surface area (Å²) in [5.74, 6) is -2.33. The first kappa shape index (κ1) is 12.0. The Labute approximate surface area is 72.5 Å². The van der Waals surface area contributed by atoms with Crippen molar-refractivity contribution in [2.45, 2.75) is 25.6 Å². The Morgan fingerprint density at radius 1 is 1.31 bits per heavy atom. The van der Waals surface area contributed by atoms with Gasteiger partial charge in [-0.3, -0.25) is 0 Å². The SMILES string of the molecule is CC(C)=C[C@](O)(C(=O)O)C(F)(F)F. The van der Waals surface area contributed by atoms with E-state index >= 15 is 0 Å². The molecule has 0 saturated heterocycles. The summed E-state index contributed by atoms with van der Waals surface area (Å²) in [5, 5.41) is 17.0. The number of carboxylic acid groups (broad SMARTS) is 1. The van der Waals surface area contributed by atoms with E-state index in [9.17, 15) is 18.0 Å². The van der Waals surface area contributed by atoms with E-state index in [4.69, 9.17) is 10.2 Å². The number of allylic oxidation sites excluding steroid dienone is 1. The zero-order chi connectivity index (χ0) is 10.9. The van der Waals surface area contributed by atoms with E-state index in [1.807, 2.05) is 0 Å². The summed E-state index contributed by atoms with van der Waals surface area (Å²) >= 11 is 0. The number of rotatable bonds is 2. The van der Waals surface area contributed by atoms with Crippen LogP contribution in [-0.4, -0.2) is 28.0 Å². The maximum absolute atomic E-state index is 12.0. The summed E-state index contributed by atoms with van der Waals surface area (Å²) in [5.41, 5.74) is -3.71. The van der Waals surface area contributed by atoms with Crippen LogP contribution in [0.15, 0.2) is 11.6 Å². The third-order valence-corrected chi connectivity index (χ3v) is 1.26. The smallest absolute Gasteiger partial charge is 0.431 e. The van der Waals surface area contributed by atoms with Gasteiger partial charge >= 0.3 is 12.1 Å². The highest BCUT2D eigenvalue weighted by Crippen LogP contribution is 2.32. The van der Waals surface area contributed by atoms with Gasteiger partial charge in [0.05, 0.1) is 0 Å². The minimum Gasteiger partial charge on any atom is -0.479 e. The summed E-state index contributed by atoms with van der Waals surface area (Å²) in [6, 6.07) is 0. The van der Waals surface area contributed by atoms with Crippen molar-refractivity contribution in [1.29, 1.82) is 0 Å². The molecule has 0 aliphatic heterocycles. The van der Waals surface area contributed by atoms with Crippen LogP contribution >= 0.6 is 0 Å². The Kier molecular flexibility index (Phi) is 3.10. The van der Waals surface area contributed by atoms with Crippen LogP contribution in [0, 0.1) is 0 Å². The first-order valence-electron chi connectivity index (χ1n) is 3.30. The van der Waals surface area contributed by atoms with Crippen molar-refractivity contribution in [2.24, 2.45) is 0 Å². The summed E-state index contributed by atoms with van der Waals surface area (Å²) in [4.78, 5) is 10.2. The Balaban J connectivity index is 5.22. The minimum absolute atomic E-state index is 0.0715. The number of alkyl halides is 3. The molecule has 0 bridgehead atoms. The van der Waals surface area contributed by atoms with Gasteiger partial charge in [-0.2, -0.15) is 13.2 Å². The summed E-state index contributed by atoms with van der Waals surface area (Å²) in [7, 11) is 0. The van der Waals surface area contributed by atoms with E-state index in [0.29, 0.717) is 0 Å². The van der Waals surface area contributed by atoms with Crippen LogP contribution in [0.4, 0.5) is 13.2 Å². The average Bonchev–Trinajstić information content (AvgIpc) is 1.82. The molecule has 0 saturated carbocycles. The van der Waals surface area contributed by atoms with Gasteiger partial charge < -0.3 is 10.2 Å². The number of aliphatic carboxylic acids is 1. The zero-order valence-electron chi connectivity index (χ0n) is 7.01. The molecule has 0 fully saturated rings. The Morgan fingerprint density at radius 2 is 1.69 bits per heavy atom. The second-order valence-corrected chi connectivity index (χ2v) is 2.79. The van der Waals surface area contributed by atoms with Gasteiger partial charge in [0.15, 0.2) is 0 Å². The maximum atomic E-state index is 12.0. The molecule has 0 aromatic rings. The molecule has 0 aliphatic rings. The number of hydrogen-bond acceptors (Lipinski definition) is 2. The van der Waals surface area contributed by atoms with Crippen LogP contribution in [0.2, 0.25) is 0 Å². The fourth-order valence-electron chi connectivity index (χ4n) is 0.683. The van der Waals surface area contributed by atoms with Crippen molar-refractivity contribution in [3.05, 3.63) is 11.6 Å². The lowest BCUT2D eigenvalue weighted by Gasteiger charge is -2.22. The highest BCUT2D eigenvalue weighted by Gasteiger charge is 2.58. The molecule has 0 unspecified atom stereocenters. The van der Waals surface area contributed by atoms with Crippen LogP contribution in [0.5, 0.6) is 0 Å². The predicted octanol–water partition coefficient (Wildman–Crippen LogP) is 1.33. The number of carboxylic acids is 1. The third-order valence-electron chi connectivity index (χ3n) is 1.26. The molecule has 13 heavy (non-hydrogen) atoms. The van der Waals surface area contributed by atoms with Gasteiger partial charge in [-0.1, -0.05) is 5.57 Å². The fraction of sp³-hybridized carbons (Fsp3) is 0.571. The normalized spacial score (nSPS) is 16.2. The topological polar surface area (TPSA) is 57.5 Å². The molecule has 0 aromatic heterocycles. The fourth-order valence-corrected chi connectivity index (χ4v) is 0.683. The molecule has 0 aromatic carbocycles. The summed E-state index contributed by atoms with van der Waals surface area (Å²) in [6.45, 7) is 2.53. The monoisotopic (exact) mass is 198 g/mol. The van der Waals surface area contributed by atoms with Crippen LogP contribution in [0.3, 0.4) is 0 Å². The van der Waals surface area contributed by atoms with Gasteiger partial charge in [-0.15, -0.1) is 0 Å². The largest absolute Gasteiger partial charge is 0.479 e. The van der Waals surface area contributed by atoms with Gasteiger partial charge in [0.2, 0.25) is 0 Å². The molecule has 6 heteroatoms. The van der Waals surface area contributed by atoms with Crippen LogP contribution in [0.25, 0.3) is 0 Å². The Bertz CT molecular complexity index is 240. The number of aliphatic hydroxyl groups is 1. The number of hydrogen-bond donors (Lipinski definition) is 2. The van der Waals surface area contributed by atoms with E-state index < -0.39 is 17.7 Å². The first-order chi connectivity index (χ1) is 5.61. The lowest BCUT2D eigenvalue weighted by atomic mass is 10.0. The lowest BCUT2D eigenvalue weighted by molar-refractivity contribution is -0.243. The maximum Gasteiger partial charge on any atom is 0.431 e. The van der Waals surface area contributed by atoms with Crippen molar-refractivity contribution in [3.63, 3.8) is 0 Å². The average molecular weight is 198 g/mol. The quantitative estimate of drug-likeness (QED) is 0.658. The second kappa shape index (κ2) is 3.37. The molecule has 0 amide bonds. The van der Waals surface area contributed by atoms with E-state index in [1.54, 1.807) is 0 Å². The van der Waals surface area contributed by atoms with Crippen LogP contribution in [0.1, 0.15) is 13.8 Å². The molecular formula is C7H9F3O3. The molecule has 0 heterocycles. The summed E-state index contributed by atoms with van der Waals surface area (Å²) in [6.07, 6.45) is -4.95. The van der Waals surface area contributed by atoms with E-state index in [-0.39, 0.29) is 11.6 Å². The van der Waals surface area contributed by atoms with Gasteiger partial charge in [-0.05, 0) is 19.9 Å². The van der Waals surface area contributed by atoms with Gasteiger partial charge in [0.25, 0.3) is 5.60 Å². The molecule has 0 radical (unpaired) electrons. The molecule has 76 valence electrons. The highest BCUT2D eigenvalue weighted by atomic mass is 19.4. The van der Waals surface area contributed by atoms with Gasteiger partial charge in [-0.25, -0.2) is 4.79 Å². The molecule has 0 rings (SSSR count). The van der Waals surface area contributed by atoms with E-state index in [1.165, 1.54) is 13.8 Å². The molecule has 3 nitrogen and oxygen atoms in total. The first-order valence-corrected chi connectivity index (χ1v) is 3.30. The van der Waals surface area contributed by atoms with Gasteiger partial charge in [0, 0.05) is 0 Å². The van der Waals surface area contributed by atoms with Crippen molar-refractivity contribution >= 4 is 5.97 Å².